The Kier molecular flexibility index (Phi) is 5.34. The lowest BCUT2D eigenvalue weighted by molar-refractivity contribution is 0.248. The fraction of sp³-hybridized carbons (Fsp3) is 0.444. The van der Waals surface area contributed by atoms with Gasteiger partial charge in [-0.1, -0.05) is 6.92 Å². The van der Waals surface area contributed by atoms with Crippen LogP contribution < -0.4 is 4.90 Å². The Morgan fingerprint density at radius 1 is 1.12 bits per heavy atom. The third-order valence-corrected chi connectivity index (χ3v) is 4.22. The summed E-state index contributed by atoms with van der Waals surface area (Å²) >= 11 is 0. The Balaban J connectivity index is 1.56. The first-order chi connectivity index (χ1) is 11.8. The molecule has 0 N–H and O–H groups in total. The maximum absolute atomic E-state index is 9.22. The van der Waals surface area contributed by atoms with Gasteiger partial charge < -0.3 is 4.90 Å². The maximum atomic E-state index is 9.22. The second-order valence-electron chi connectivity index (χ2n) is 6.01. The molecule has 6 nitrogen and oxygen atoms in total. The summed E-state index contributed by atoms with van der Waals surface area (Å²) in [6.45, 7) is 6.64. The average Bonchev–Trinajstić information content (AvgIpc) is 2.64. The molecule has 0 radical (unpaired) electrons. The van der Waals surface area contributed by atoms with E-state index in [0.29, 0.717) is 5.56 Å². The molecule has 0 saturated carbocycles. The molecule has 2 aromatic rings. The van der Waals surface area contributed by atoms with Crippen LogP contribution >= 0.6 is 0 Å². The monoisotopic (exact) mass is 322 g/mol. The SMILES string of the molecule is CCCc1ncc(CN2CCN(c3ncccc3C#N)CC2)cn1. The third kappa shape index (κ3) is 3.87. The molecular formula is C18H22N6. The van der Waals surface area contributed by atoms with Gasteiger partial charge in [-0.3, -0.25) is 4.90 Å². The van der Waals surface area contributed by atoms with Gasteiger partial charge in [-0.05, 0) is 18.6 Å². The van der Waals surface area contributed by atoms with Crippen molar-refractivity contribution in [3.8, 4) is 6.07 Å². The summed E-state index contributed by atoms with van der Waals surface area (Å²) in [7, 11) is 0. The number of pyridine rings is 1. The minimum absolute atomic E-state index is 0.644. The second-order valence-corrected chi connectivity index (χ2v) is 6.01. The zero-order valence-electron chi connectivity index (χ0n) is 14.0. The number of nitrogens with zero attached hydrogens (tertiary/aromatic N) is 6. The highest BCUT2D eigenvalue weighted by molar-refractivity contribution is 5.53. The molecule has 3 heterocycles. The van der Waals surface area contributed by atoms with Crippen LogP contribution in [0.4, 0.5) is 5.82 Å². The van der Waals surface area contributed by atoms with Gasteiger partial charge >= 0.3 is 0 Å². The van der Waals surface area contributed by atoms with Crippen molar-refractivity contribution in [3.63, 3.8) is 0 Å². The number of hydrogen-bond donors (Lipinski definition) is 0. The van der Waals surface area contributed by atoms with Crippen LogP contribution in [0.25, 0.3) is 0 Å². The van der Waals surface area contributed by atoms with Crippen LogP contribution in [-0.4, -0.2) is 46.0 Å². The minimum atomic E-state index is 0.644. The molecule has 0 spiro atoms. The highest BCUT2D eigenvalue weighted by Crippen LogP contribution is 2.18. The van der Waals surface area contributed by atoms with E-state index in [1.54, 1.807) is 12.3 Å². The van der Waals surface area contributed by atoms with E-state index in [1.165, 1.54) is 0 Å². The molecule has 1 aliphatic heterocycles. The first kappa shape index (κ1) is 16.3. The molecule has 1 aliphatic rings. The summed E-state index contributed by atoms with van der Waals surface area (Å²) in [4.78, 5) is 17.8. The first-order valence-corrected chi connectivity index (χ1v) is 8.42. The van der Waals surface area contributed by atoms with Crippen LogP contribution in [0.1, 0.15) is 30.3 Å². The van der Waals surface area contributed by atoms with E-state index in [4.69, 9.17) is 0 Å². The summed E-state index contributed by atoms with van der Waals surface area (Å²) < 4.78 is 0. The molecule has 0 atom stereocenters. The number of piperazine rings is 1. The molecule has 0 aromatic carbocycles. The molecule has 6 heteroatoms. The van der Waals surface area contributed by atoms with Crippen molar-refractivity contribution in [3.05, 3.63) is 47.7 Å². The molecule has 0 amide bonds. The van der Waals surface area contributed by atoms with Crippen molar-refractivity contribution < 1.29 is 0 Å². The van der Waals surface area contributed by atoms with Crippen molar-refractivity contribution in [2.45, 2.75) is 26.3 Å². The van der Waals surface area contributed by atoms with Crippen LogP contribution in [0, 0.1) is 11.3 Å². The molecule has 0 bridgehead atoms. The number of aromatic nitrogens is 3. The van der Waals surface area contributed by atoms with Crippen molar-refractivity contribution in [1.82, 2.24) is 19.9 Å². The van der Waals surface area contributed by atoms with E-state index in [1.807, 2.05) is 18.5 Å². The molecule has 1 fully saturated rings. The lowest BCUT2D eigenvalue weighted by Gasteiger charge is -2.35. The van der Waals surface area contributed by atoms with Gasteiger partial charge in [0.15, 0.2) is 0 Å². The number of nitriles is 1. The maximum Gasteiger partial charge on any atom is 0.146 e. The van der Waals surface area contributed by atoms with Gasteiger partial charge in [0, 0.05) is 63.3 Å². The molecule has 1 saturated heterocycles. The molecule has 0 unspecified atom stereocenters. The van der Waals surface area contributed by atoms with Crippen LogP contribution in [0.15, 0.2) is 30.7 Å². The fourth-order valence-corrected chi connectivity index (χ4v) is 2.93. The lowest BCUT2D eigenvalue weighted by atomic mass is 10.2. The summed E-state index contributed by atoms with van der Waals surface area (Å²) in [6.07, 6.45) is 7.63. The van der Waals surface area contributed by atoms with E-state index in [9.17, 15) is 5.26 Å². The summed E-state index contributed by atoms with van der Waals surface area (Å²) in [5.41, 5.74) is 1.80. The van der Waals surface area contributed by atoms with E-state index >= 15 is 0 Å². The van der Waals surface area contributed by atoms with E-state index < -0.39 is 0 Å². The highest BCUT2D eigenvalue weighted by Gasteiger charge is 2.20. The molecular weight excluding hydrogens is 300 g/mol. The highest BCUT2D eigenvalue weighted by atomic mass is 15.3. The number of hydrogen-bond acceptors (Lipinski definition) is 6. The van der Waals surface area contributed by atoms with Crippen molar-refractivity contribution in [2.24, 2.45) is 0 Å². The predicted octanol–water partition coefficient (Wildman–Crippen LogP) is 2.02. The van der Waals surface area contributed by atoms with E-state index in [2.05, 4.69) is 37.7 Å². The molecule has 0 aliphatic carbocycles. The lowest BCUT2D eigenvalue weighted by Crippen LogP contribution is -2.46. The van der Waals surface area contributed by atoms with Gasteiger partial charge in [-0.15, -0.1) is 0 Å². The third-order valence-electron chi connectivity index (χ3n) is 4.22. The van der Waals surface area contributed by atoms with Gasteiger partial charge in [0.2, 0.25) is 0 Å². The van der Waals surface area contributed by atoms with Crippen LogP contribution in [0.3, 0.4) is 0 Å². The Labute approximate surface area is 142 Å². The Morgan fingerprint density at radius 2 is 1.88 bits per heavy atom. The number of rotatable bonds is 5. The van der Waals surface area contributed by atoms with Crippen LogP contribution in [-0.2, 0) is 13.0 Å². The number of anilines is 1. The van der Waals surface area contributed by atoms with Crippen molar-refractivity contribution in [1.29, 1.82) is 5.26 Å². The smallest absolute Gasteiger partial charge is 0.146 e. The molecule has 3 rings (SSSR count). The van der Waals surface area contributed by atoms with Gasteiger partial charge in [0.05, 0.1) is 5.56 Å². The summed E-state index contributed by atoms with van der Waals surface area (Å²) in [5.74, 6) is 1.72. The van der Waals surface area contributed by atoms with Crippen LogP contribution in [0.2, 0.25) is 0 Å². The van der Waals surface area contributed by atoms with E-state index in [-0.39, 0.29) is 0 Å². The topological polar surface area (TPSA) is 68.9 Å². The Morgan fingerprint density at radius 3 is 2.54 bits per heavy atom. The van der Waals surface area contributed by atoms with Gasteiger partial charge in [-0.2, -0.15) is 5.26 Å². The largest absolute Gasteiger partial charge is 0.353 e. The second kappa shape index (κ2) is 7.84. The normalized spacial score (nSPS) is 15.2. The quantitative estimate of drug-likeness (QED) is 0.839. The molecule has 24 heavy (non-hydrogen) atoms. The van der Waals surface area contributed by atoms with E-state index in [0.717, 1.165) is 62.8 Å². The number of aryl methyl sites for hydroxylation is 1. The average molecular weight is 322 g/mol. The standard InChI is InChI=1S/C18H22N6/c1-2-4-17-21-12-15(13-22-17)14-23-7-9-24(10-8-23)18-16(11-19)5-3-6-20-18/h3,5-6,12-13H,2,4,7-10,14H2,1H3. The van der Waals surface area contributed by atoms with Crippen molar-refractivity contribution >= 4 is 5.82 Å². The zero-order chi connectivity index (χ0) is 16.8. The summed E-state index contributed by atoms with van der Waals surface area (Å²) in [6, 6.07) is 5.85. The zero-order valence-corrected chi connectivity index (χ0v) is 14.0. The van der Waals surface area contributed by atoms with Gasteiger partial charge in [0.25, 0.3) is 0 Å². The van der Waals surface area contributed by atoms with Gasteiger partial charge in [0.1, 0.15) is 17.7 Å². The van der Waals surface area contributed by atoms with Crippen molar-refractivity contribution in [2.75, 3.05) is 31.1 Å². The molecule has 2 aromatic heterocycles. The minimum Gasteiger partial charge on any atom is -0.353 e. The summed E-state index contributed by atoms with van der Waals surface area (Å²) in [5, 5.41) is 9.22. The molecule has 124 valence electrons. The Hall–Kier alpha value is -2.52. The fourth-order valence-electron chi connectivity index (χ4n) is 2.93. The van der Waals surface area contributed by atoms with Gasteiger partial charge in [-0.25, -0.2) is 15.0 Å². The Bertz CT molecular complexity index is 698. The predicted molar refractivity (Wildman–Crippen MR) is 92.5 cm³/mol. The van der Waals surface area contributed by atoms with Crippen LogP contribution in [0.5, 0.6) is 0 Å². The first-order valence-electron chi connectivity index (χ1n) is 8.42.